The molecule has 1 aromatic heterocycles. The highest BCUT2D eigenvalue weighted by Gasteiger charge is 2.25. The number of aromatic nitrogens is 1. The Labute approximate surface area is 121 Å². The van der Waals surface area contributed by atoms with Crippen molar-refractivity contribution in [2.24, 2.45) is 5.41 Å². The molecule has 1 heterocycles. The van der Waals surface area contributed by atoms with E-state index < -0.39 is 0 Å². The number of nitrogens with one attached hydrogen (secondary N) is 1. The fourth-order valence-corrected chi connectivity index (χ4v) is 1.92. The third-order valence-corrected chi connectivity index (χ3v) is 3.81. The molecule has 5 nitrogen and oxygen atoms in total. The Bertz CT molecular complexity index is 398. The van der Waals surface area contributed by atoms with Gasteiger partial charge in [-0.25, -0.2) is 0 Å². The molecule has 0 bridgehead atoms. The van der Waals surface area contributed by atoms with Crippen LogP contribution >= 0.6 is 0 Å². The van der Waals surface area contributed by atoms with E-state index in [0.29, 0.717) is 24.7 Å². The van der Waals surface area contributed by atoms with E-state index >= 15 is 0 Å². The number of anilines is 2. The molecule has 1 rings (SSSR count). The van der Waals surface area contributed by atoms with Gasteiger partial charge in [0.25, 0.3) is 0 Å². The Morgan fingerprint density at radius 3 is 2.55 bits per heavy atom. The van der Waals surface area contributed by atoms with Gasteiger partial charge >= 0.3 is 0 Å². The monoisotopic (exact) mass is 281 g/mol. The predicted molar refractivity (Wildman–Crippen MR) is 83.0 cm³/mol. The number of aliphatic hydroxyl groups excluding tert-OH is 1. The quantitative estimate of drug-likeness (QED) is 0.648. The van der Waals surface area contributed by atoms with Crippen molar-refractivity contribution in [1.29, 1.82) is 0 Å². The van der Waals surface area contributed by atoms with Crippen LogP contribution in [0.5, 0.6) is 5.88 Å². The van der Waals surface area contributed by atoms with Crippen molar-refractivity contribution in [3.63, 3.8) is 0 Å². The Hall–Kier alpha value is -1.49. The second-order valence-corrected chi connectivity index (χ2v) is 5.16. The highest BCUT2D eigenvalue weighted by molar-refractivity contribution is 5.53. The van der Waals surface area contributed by atoms with Crippen molar-refractivity contribution in [3.8, 4) is 5.88 Å². The van der Waals surface area contributed by atoms with Crippen LogP contribution in [0.1, 0.15) is 40.0 Å². The summed E-state index contributed by atoms with van der Waals surface area (Å²) in [5, 5.41) is 12.8. The molecule has 0 aliphatic carbocycles. The molecule has 0 fully saturated rings. The Balaban J connectivity index is 2.72. The van der Waals surface area contributed by atoms with Gasteiger partial charge in [0.1, 0.15) is 5.82 Å². The lowest BCUT2D eigenvalue weighted by atomic mass is 9.83. The van der Waals surface area contributed by atoms with Gasteiger partial charge in [-0.15, -0.1) is 0 Å². The van der Waals surface area contributed by atoms with E-state index in [1.807, 2.05) is 13.0 Å². The summed E-state index contributed by atoms with van der Waals surface area (Å²) in [6, 6.07) is 3.63. The zero-order valence-electron chi connectivity index (χ0n) is 12.8. The van der Waals surface area contributed by atoms with E-state index in [2.05, 4.69) is 24.1 Å². The lowest BCUT2D eigenvalue weighted by molar-refractivity contribution is 0.127. The minimum Gasteiger partial charge on any atom is -0.476 e. The Morgan fingerprint density at radius 2 is 2.00 bits per heavy atom. The average molecular weight is 281 g/mol. The summed E-state index contributed by atoms with van der Waals surface area (Å²) in [6.45, 7) is 7.67. The van der Waals surface area contributed by atoms with Crippen molar-refractivity contribution in [3.05, 3.63) is 12.1 Å². The molecule has 4 N–H and O–H groups in total. The largest absolute Gasteiger partial charge is 0.476 e. The summed E-state index contributed by atoms with van der Waals surface area (Å²) >= 11 is 0. The molecule has 0 aliphatic heterocycles. The number of pyridine rings is 1. The van der Waals surface area contributed by atoms with Crippen LogP contribution in [0.25, 0.3) is 0 Å². The summed E-state index contributed by atoms with van der Waals surface area (Å²) in [5.74, 6) is 1.20. The number of hydrogen-bond acceptors (Lipinski definition) is 5. The summed E-state index contributed by atoms with van der Waals surface area (Å²) < 4.78 is 5.51. The van der Waals surface area contributed by atoms with Crippen LogP contribution in [0.3, 0.4) is 0 Å². The van der Waals surface area contributed by atoms with Crippen molar-refractivity contribution >= 4 is 11.5 Å². The van der Waals surface area contributed by atoms with Crippen LogP contribution in [-0.4, -0.2) is 29.8 Å². The molecule has 0 atom stereocenters. The maximum atomic E-state index is 9.56. The maximum Gasteiger partial charge on any atom is 0.239 e. The fraction of sp³-hybridized carbons (Fsp3) is 0.667. The predicted octanol–water partition coefficient (Wildman–Crippen LogP) is 2.66. The van der Waals surface area contributed by atoms with Crippen molar-refractivity contribution < 1.29 is 9.84 Å². The zero-order chi connectivity index (χ0) is 15.0. The first-order valence-corrected chi connectivity index (χ1v) is 7.34. The second kappa shape index (κ2) is 7.94. The fourth-order valence-electron chi connectivity index (χ4n) is 1.92. The van der Waals surface area contributed by atoms with Crippen LogP contribution in [0.4, 0.5) is 11.5 Å². The molecule has 0 amide bonds. The van der Waals surface area contributed by atoms with Gasteiger partial charge in [0.2, 0.25) is 5.88 Å². The summed E-state index contributed by atoms with van der Waals surface area (Å²) in [4.78, 5) is 4.38. The molecule has 0 radical (unpaired) electrons. The minimum atomic E-state index is -0.104. The zero-order valence-corrected chi connectivity index (χ0v) is 12.8. The smallest absolute Gasteiger partial charge is 0.239 e. The third-order valence-electron chi connectivity index (χ3n) is 3.81. The third kappa shape index (κ3) is 4.27. The first-order chi connectivity index (χ1) is 9.60. The lowest BCUT2D eigenvalue weighted by Crippen LogP contribution is -2.32. The van der Waals surface area contributed by atoms with Crippen LogP contribution < -0.4 is 15.8 Å². The van der Waals surface area contributed by atoms with Gasteiger partial charge in [-0.3, -0.25) is 0 Å². The highest BCUT2D eigenvalue weighted by Crippen LogP contribution is 2.27. The second-order valence-electron chi connectivity index (χ2n) is 5.16. The average Bonchev–Trinajstić information content (AvgIpc) is 2.49. The van der Waals surface area contributed by atoms with Crippen molar-refractivity contribution in [2.45, 2.75) is 40.0 Å². The number of nitrogen functional groups attached to an aromatic ring is 1. The van der Waals surface area contributed by atoms with E-state index in [1.165, 1.54) is 0 Å². The van der Waals surface area contributed by atoms with Crippen LogP contribution in [0, 0.1) is 5.41 Å². The molecule has 114 valence electrons. The van der Waals surface area contributed by atoms with Crippen molar-refractivity contribution in [1.82, 2.24) is 4.98 Å². The van der Waals surface area contributed by atoms with Gasteiger partial charge in [-0.2, -0.15) is 4.98 Å². The van der Waals surface area contributed by atoms with Gasteiger partial charge < -0.3 is 20.9 Å². The first kappa shape index (κ1) is 16.6. The van der Waals surface area contributed by atoms with E-state index in [0.717, 1.165) is 25.1 Å². The minimum absolute atomic E-state index is 0.104. The van der Waals surface area contributed by atoms with Crippen LogP contribution in [-0.2, 0) is 0 Å². The van der Waals surface area contributed by atoms with E-state index in [1.54, 1.807) is 6.07 Å². The van der Waals surface area contributed by atoms with Crippen molar-refractivity contribution in [2.75, 3.05) is 30.8 Å². The number of nitrogens with two attached hydrogens (primary N) is 1. The molecule has 0 spiro atoms. The normalized spacial score (nSPS) is 11.4. The van der Waals surface area contributed by atoms with E-state index in [9.17, 15) is 5.11 Å². The summed E-state index contributed by atoms with van der Waals surface area (Å²) in [5.41, 5.74) is 6.28. The van der Waals surface area contributed by atoms with Crippen LogP contribution in [0.2, 0.25) is 0 Å². The van der Waals surface area contributed by atoms with Gasteiger partial charge in [0.05, 0.1) is 18.9 Å². The number of hydrogen-bond donors (Lipinski definition) is 3. The molecule has 0 saturated carbocycles. The topological polar surface area (TPSA) is 80.4 Å². The summed E-state index contributed by atoms with van der Waals surface area (Å²) in [6.07, 6.45) is 2.75. The standard InChI is InChI=1S/C15H27N3O2/c1-4-9-20-14-12(16)7-8-13(18-14)17-10-15(5-2,6-3)11-19/h7-8,19H,4-6,9-11,16H2,1-3H3,(H,17,18). The number of aliphatic hydroxyl groups is 1. The molecule has 0 aromatic carbocycles. The Morgan fingerprint density at radius 1 is 1.30 bits per heavy atom. The first-order valence-electron chi connectivity index (χ1n) is 7.34. The molecule has 1 aromatic rings. The molecule has 0 unspecified atom stereocenters. The lowest BCUT2D eigenvalue weighted by Gasteiger charge is -2.29. The molecule has 0 aliphatic rings. The number of nitrogens with zero attached hydrogens (tertiary/aromatic N) is 1. The van der Waals surface area contributed by atoms with E-state index in [-0.39, 0.29) is 12.0 Å². The highest BCUT2D eigenvalue weighted by atomic mass is 16.5. The Kier molecular flexibility index (Phi) is 6.58. The molecule has 5 heteroatoms. The molecular formula is C15H27N3O2. The van der Waals surface area contributed by atoms with Crippen LogP contribution in [0.15, 0.2) is 12.1 Å². The summed E-state index contributed by atoms with van der Waals surface area (Å²) in [7, 11) is 0. The van der Waals surface area contributed by atoms with Gasteiger partial charge in [-0.1, -0.05) is 20.8 Å². The van der Waals surface area contributed by atoms with Gasteiger partial charge in [-0.05, 0) is 31.4 Å². The molecule has 0 saturated heterocycles. The molecular weight excluding hydrogens is 254 g/mol. The molecule has 20 heavy (non-hydrogen) atoms. The maximum absolute atomic E-state index is 9.56. The number of ether oxygens (including phenoxy) is 1. The number of rotatable bonds is 9. The van der Waals surface area contributed by atoms with Gasteiger partial charge in [0, 0.05) is 12.0 Å². The van der Waals surface area contributed by atoms with E-state index in [4.69, 9.17) is 10.5 Å². The SMILES string of the molecule is CCCOc1nc(NCC(CC)(CC)CO)ccc1N. The van der Waals surface area contributed by atoms with Gasteiger partial charge in [0.15, 0.2) is 0 Å².